The van der Waals surface area contributed by atoms with Crippen LogP contribution in [0.2, 0.25) is 0 Å². The van der Waals surface area contributed by atoms with Crippen molar-refractivity contribution in [1.29, 1.82) is 0 Å². The average Bonchev–Trinajstić information content (AvgIpc) is 3.33. The van der Waals surface area contributed by atoms with E-state index in [0.29, 0.717) is 0 Å². The van der Waals surface area contributed by atoms with E-state index in [0.717, 1.165) is 67.7 Å². The maximum absolute atomic E-state index is 9.95. The number of methoxy groups -OCH3 is 1. The van der Waals surface area contributed by atoms with Gasteiger partial charge in [0.25, 0.3) is 0 Å². The highest BCUT2D eigenvalue weighted by Gasteiger charge is 2.16. The molecule has 0 radical (unpaired) electrons. The highest BCUT2D eigenvalue weighted by atomic mass is 16.5. The van der Waals surface area contributed by atoms with E-state index < -0.39 is 0 Å². The summed E-state index contributed by atoms with van der Waals surface area (Å²) in [6, 6.07) is 80.7. The third-order valence-corrected chi connectivity index (χ3v) is 10.9. The van der Waals surface area contributed by atoms with Crippen LogP contribution in [-0.2, 0) is 6.61 Å². The van der Waals surface area contributed by atoms with E-state index in [1.807, 2.05) is 42.5 Å². The first-order valence-corrected chi connectivity index (χ1v) is 20.2. The topological polar surface area (TPSA) is 35.9 Å². The Hall–Kier alpha value is -7.66. The van der Waals surface area contributed by atoms with Crippen LogP contribution in [0.4, 0.5) is 34.1 Å². The zero-order valence-corrected chi connectivity index (χ0v) is 33.4. The van der Waals surface area contributed by atoms with Crippen molar-refractivity contribution in [3.05, 3.63) is 236 Å². The van der Waals surface area contributed by atoms with Crippen LogP contribution < -0.4 is 14.5 Å². The van der Waals surface area contributed by atoms with Gasteiger partial charge in [-0.3, -0.25) is 0 Å². The molecule has 0 aliphatic carbocycles. The van der Waals surface area contributed by atoms with Gasteiger partial charge in [0.05, 0.1) is 13.7 Å². The SMILES string of the molecule is COc1cccc(N(c2ccc(-c3ccccc3)cc2)c2ccc(-c3ccc(-c4ccc(N(c5ccc(-c6ccccc6)cc5)c5cccc(CO)c5)cc4)cc3)cc2)c1. The zero-order valence-electron chi connectivity index (χ0n) is 33.4. The molecule has 290 valence electrons. The van der Waals surface area contributed by atoms with Gasteiger partial charge in [-0.25, -0.2) is 0 Å². The van der Waals surface area contributed by atoms with Crippen molar-refractivity contribution in [2.24, 2.45) is 0 Å². The van der Waals surface area contributed by atoms with Crippen LogP contribution >= 0.6 is 0 Å². The summed E-state index contributed by atoms with van der Waals surface area (Å²) in [6.07, 6.45) is 0. The lowest BCUT2D eigenvalue weighted by molar-refractivity contribution is 0.282. The number of benzene rings is 9. The molecule has 0 aromatic heterocycles. The molecule has 0 bridgehead atoms. The van der Waals surface area contributed by atoms with Gasteiger partial charge in [0.15, 0.2) is 0 Å². The second-order valence-corrected chi connectivity index (χ2v) is 14.7. The monoisotopic (exact) mass is 776 g/mol. The van der Waals surface area contributed by atoms with Crippen LogP contribution in [0.5, 0.6) is 5.75 Å². The molecule has 0 heterocycles. The van der Waals surface area contributed by atoms with Gasteiger partial charge in [0, 0.05) is 40.2 Å². The first kappa shape index (κ1) is 37.9. The fraction of sp³-hybridized carbons (Fsp3) is 0.0357. The van der Waals surface area contributed by atoms with E-state index in [4.69, 9.17) is 4.74 Å². The van der Waals surface area contributed by atoms with Crippen molar-refractivity contribution in [1.82, 2.24) is 0 Å². The first-order chi connectivity index (χ1) is 29.6. The van der Waals surface area contributed by atoms with Crippen LogP contribution in [0.1, 0.15) is 5.56 Å². The maximum atomic E-state index is 9.95. The number of aliphatic hydroxyl groups excluding tert-OH is 1. The van der Waals surface area contributed by atoms with Gasteiger partial charge in [-0.05, 0) is 123 Å². The van der Waals surface area contributed by atoms with Crippen molar-refractivity contribution in [2.75, 3.05) is 16.9 Å². The lowest BCUT2D eigenvalue weighted by atomic mass is 9.99. The fourth-order valence-electron chi connectivity index (χ4n) is 7.77. The molecule has 0 fully saturated rings. The molecule has 9 rings (SSSR count). The summed E-state index contributed by atoms with van der Waals surface area (Å²) >= 11 is 0. The molecule has 1 N–H and O–H groups in total. The van der Waals surface area contributed by atoms with Crippen molar-refractivity contribution in [2.45, 2.75) is 6.61 Å². The van der Waals surface area contributed by atoms with E-state index in [1.54, 1.807) is 7.11 Å². The van der Waals surface area contributed by atoms with Crippen LogP contribution in [0.15, 0.2) is 231 Å². The van der Waals surface area contributed by atoms with E-state index in [2.05, 4.69) is 198 Å². The molecule has 0 saturated carbocycles. The molecule has 0 spiro atoms. The second kappa shape index (κ2) is 17.5. The predicted molar refractivity (Wildman–Crippen MR) is 250 cm³/mol. The molecule has 60 heavy (non-hydrogen) atoms. The normalized spacial score (nSPS) is 10.9. The summed E-state index contributed by atoms with van der Waals surface area (Å²) in [5, 5.41) is 9.95. The van der Waals surface area contributed by atoms with E-state index in [1.165, 1.54) is 22.3 Å². The van der Waals surface area contributed by atoms with E-state index in [-0.39, 0.29) is 6.61 Å². The minimum absolute atomic E-state index is 0.0145. The second-order valence-electron chi connectivity index (χ2n) is 14.7. The zero-order chi connectivity index (χ0) is 40.7. The van der Waals surface area contributed by atoms with Crippen LogP contribution in [0, 0.1) is 0 Å². The Morgan fingerprint density at radius 1 is 0.317 bits per heavy atom. The summed E-state index contributed by atoms with van der Waals surface area (Å²) in [7, 11) is 1.70. The molecule has 0 aliphatic heterocycles. The molecular formula is C56H44N2O2. The smallest absolute Gasteiger partial charge is 0.120 e. The van der Waals surface area contributed by atoms with Gasteiger partial charge in [0.1, 0.15) is 5.75 Å². The molecule has 9 aromatic rings. The Balaban J connectivity index is 0.964. The average molecular weight is 777 g/mol. The number of aliphatic hydroxyl groups is 1. The highest BCUT2D eigenvalue weighted by Crippen LogP contribution is 2.40. The van der Waals surface area contributed by atoms with Crippen molar-refractivity contribution in [3.8, 4) is 50.3 Å². The van der Waals surface area contributed by atoms with E-state index in [9.17, 15) is 5.11 Å². The molecule has 0 aliphatic rings. The predicted octanol–water partition coefficient (Wildman–Crippen LogP) is 14.8. The molecule has 9 aromatic carbocycles. The third-order valence-electron chi connectivity index (χ3n) is 10.9. The Bertz CT molecular complexity index is 2590. The number of hydrogen-bond acceptors (Lipinski definition) is 4. The van der Waals surface area contributed by atoms with Crippen LogP contribution in [-0.4, -0.2) is 12.2 Å². The van der Waals surface area contributed by atoms with Gasteiger partial charge in [-0.2, -0.15) is 0 Å². The Labute approximate surface area is 352 Å². The Kier molecular flexibility index (Phi) is 11.0. The minimum Gasteiger partial charge on any atom is -0.497 e. The van der Waals surface area contributed by atoms with Gasteiger partial charge < -0.3 is 19.6 Å². The molecule has 0 atom stereocenters. The molecular weight excluding hydrogens is 733 g/mol. The molecule has 0 unspecified atom stereocenters. The third kappa shape index (κ3) is 8.19. The fourth-order valence-corrected chi connectivity index (χ4v) is 7.77. The van der Waals surface area contributed by atoms with Gasteiger partial charge >= 0.3 is 0 Å². The van der Waals surface area contributed by atoms with Crippen molar-refractivity contribution < 1.29 is 9.84 Å². The quantitative estimate of drug-likeness (QED) is 0.134. The lowest BCUT2D eigenvalue weighted by Gasteiger charge is -2.26. The summed E-state index contributed by atoms with van der Waals surface area (Å²) in [5.41, 5.74) is 16.4. The number of anilines is 6. The number of hydrogen-bond donors (Lipinski definition) is 1. The van der Waals surface area contributed by atoms with Crippen LogP contribution in [0.25, 0.3) is 44.5 Å². The molecule has 0 saturated heterocycles. The molecule has 0 amide bonds. The number of nitrogens with zero attached hydrogens (tertiary/aromatic N) is 2. The van der Waals surface area contributed by atoms with Gasteiger partial charge in [-0.1, -0.05) is 152 Å². The van der Waals surface area contributed by atoms with Gasteiger partial charge in [-0.15, -0.1) is 0 Å². The first-order valence-electron chi connectivity index (χ1n) is 20.2. The van der Waals surface area contributed by atoms with Crippen molar-refractivity contribution in [3.63, 3.8) is 0 Å². The van der Waals surface area contributed by atoms with Crippen molar-refractivity contribution >= 4 is 34.1 Å². The molecule has 4 nitrogen and oxygen atoms in total. The number of rotatable bonds is 12. The molecule has 4 heteroatoms. The lowest BCUT2D eigenvalue weighted by Crippen LogP contribution is -2.10. The maximum Gasteiger partial charge on any atom is 0.120 e. The highest BCUT2D eigenvalue weighted by molar-refractivity contribution is 5.82. The number of ether oxygens (including phenoxy) is 1. The van der Waals surface area contributed by atoms with Crippen LogP contribution in [0.3, 0.4) is 0 Å². The summed E-state index contributed by atoms with van der Waals surface area (Å²) < 4.78 is 5.61. The largest absolute Gasteiger partial charge is 0.497 e. The summed E-state index contributed by atoms with van der Waals surface area (Å²) in [4.78, 5) is 4.50. The van der Waals surface area contributed by atoms with Gasteiger partial charge in [0.2, 0.25) is 0 Å². The summed E-state index contributed by atoms with van der Waals surface area (Å²) in [5.74, 6) is 0.809. The standard InChI is InChI=1S/C56H44N2O2/c1-60-56-17-9-16-55(39-56)58(52-32-24-47(25-33-52)43-13-6-3-7-14-43)53-36-28-49(29-37-53)45-20-18-44(19-21-45)48-26-34-51(35-27-48)57(54-15-8-10-41(38-54)40-59)50-30-22-46(23-31-50)42-11-4-2-5-12-42/h2-39,59H,40H2,1H3. The van der Waals surface area contributed by atoms with E-state index >= 15 is 0 Å². The minimum atomic E-state index is -0.0145. The summed E-state index contributed by atoms with van der Waals surface area (Å²) in [6.45, 7) is -0.0145. The Morgan fingerprint density at radius 3 is 0.983 bits per heavy atom. The Morgan fingerprint density at radius 2 is 0.633 bits per heavy atom.